The highest BCUT2D eigenvalue weighted by Crippen LogP contribution is 2.23. The molecular weight excluding hydrogens is 228 g/mol. The van der Waals surface area contributed by atoms with E-state index in [0.29, 0.717) is 6.54 Å². The van der Waals surface area contributed by atoms with Gasteiger partial charge in [0.25, 0.3) is 0 Å². The predicted molar refractivity (Wildman–Crippen MR) is 68.5 cm³/mol. The van der Waals surface area contributed by atoms with Crippen LogP contribution in [0.4, 0.5) is 0 Å². The van der Waals surface area contributed by atoms with Gasteiger partial charge in [0.2, 0.25) is 5.91 Å². The molecule has 0 spiro atoms. The Bertz CT molecular complexity index is 421. The molecule has 0 bridgehead atoms. The number of nitrogens with zero attached hydrogens (tertiary/aromatic N) is 2. The standard InChI is InChI=1S/C13H20N4O/c1-9-15-6-5-12(17-9)8-16-13(18)10-3-2-4-11(14)7-10/h5-6,10-11H,2-4,7-8,14H2,1H3,(H,16,18). The first-order valence-corrected chi connectivity index (χ1v) is 6.47. The van der Waals surface area contributed by atoms with Crippen LogP contribution in [0.15, 0.2) is 12.3 Å². The molecule has 1 fully saturated rings. The molecular formula is C13H20N4O. The molecule has 1 aromatic heterocycles. The van der Waals surface area contributed by atoms with E-state index in [1.807, 2.05) is 13.0 Å². The van der Waals surface area contributed by atoms with Gasteiger partial charge in [-0.3, -0.25) is 4.79 Å². The molecule has 2 atom stereocenters. The fourth-order valence-electron chi connectivity index (χ4n) is 2.39. The quantitative estimate of drug-likeness (QED) is 0.833. The lowest BCUT2D eigenvalue weighted by Crippen LogP contribution is -2.37. The summed E-state index contributed by atoms with van der Waals surface area (Å²) >= 11 is 0. The fourth-order valence-corrected chi connectivity index (χ4v) is 2.39. The predicted octanol–water partition coefficient (Wildman–Crippen LogP) is 0.919. The largest absolute Gasteiger partial charge is 0.350 e. The van der Waals surface area contributed by atoms with Crippen LogP contribution in [0.5, 0.6) is 0 Å². The summed E-state index contributed by atoms with van der Waals surface area (Å²) in [6, 6.07) is 2.00. The number of nitrogens with one attached hydrogen (secondary N) is 1. The van der Waals surface area contributed by atoms with E-state index in [9.17, 15) is 4.79 Å². The van der Waals surface area contributed by atoms with Crippen molar-refractivity contribution in [1.29, 1.82) is 0 Å². The molecule has 0 saturated heterocycles. The van der Waals surface area contributed by atoms with Crippen LogP contribution in [0, 0.1) is 12.8 Å². The summed E-state index contributed by atoms with van der Waals surface area (Å²) in [5.41, 5.74) is 6.73. The second-order valence-electron chi connectivity index (χ2n) is 4.94. The van der Waals surface area contributed by atoms with Crippen molar-refractivity contribution in [3.63, 3.8) is 0 Å². The third-order valence-electron chi connectivity index (χ3n) is 3.36. The smallest absolute Gasteiger partial charge is 0.223 e. The lowest BCUT2D eigenvalue weighted by atomic mass is 9.85. The maximum atomic E-state index is 12.0. The number of carbonyl (C=O) groups excluding carboxylic acids is 1. The van der Waals surface area contributed by atoms with Gasteiger partial charge in [-0.15, -0.1) is 0 Å². The van der Waals surface area contributed by atoms with E-state index in [1.54, 1.807) is 6.20 Å². The molecule has 0 radical (unpaired) electrons. The molecule has 2 rings (SSSR count). The van der Waals surface area contributed by atoms with Crippen LogP contribution >= 0.6 is 0 Å². The summed E-state index contributed by atoms with van der Waals surface area (Å²) in [6.07, 6.45) is 5.54. The maximum absolute atomic E-state index is 12.0. The van der Waals surface area contributed by atoms with Crippen LogP contribution in [0.2, 0.25) is 0 Å². The zero-order valence-electron chi connectivity index (χ0n) is 10.7. The second kappa shape index (κ2) is 5.91. The van der Waals surface area contributed by atoms with Gasteiger partial charge in [0.05, 0.1) is 12.2 Å². The van der Waals surface area contributed by atoms with Crippen LogP contribution in [-0.4, -0.2) is 21.9 Å². The van der Waals surface area contributed by atoms with Crippen molar-refractivity contribution < 1.29 is 4.79 Å². The molecule has 1 aliphatic rings. The van der Waals surface area contributed by atoms with Crippen molar-refractivity contribution in [2.75, 3.05) is 0 Å². The van der Waals surface area contributed by atoms with E-state index in [4.69, 9.17) is 5.73 Å². The van der Waals surface area contributed by atoms with E-state index in [1.165, 1.54) is 0 Å². The van der Waals surface area contributed by atoms with E-state index in [2.05, 4.69) is 15.3 Å². The van der Waals surface area contributed by atoms with E-state index in [-0.39, 0.29) is 17.9 Å². The summed E-state index contributed by atoms with van der Waals surface area (Å²) in [6.45, 7) is 2.30. The molecule has 18 heavy (non-hydrogen) atoms. The lowest BCUT2D eigenvalue weighted by Gasteiger charge is -2.25. The Morgan fingerprint density at radius 3 is 3.11 bits per heavy atom. The van der Waals surface area contributed by atoms with Gasteiger partial charge in [-0.1, -0.05) is 6.42 Å². The number of aromatic nitrogens is 2. The molecule has 5 nitrogen and oxygen atoms in total. The van der Waals surface area contributed by atoms with Crippen molar-refractivity contribution in [2.24, 2.45) is 11.7 Å². The maximum Gasteiger partial charge on any atom is 0.223 e. The second-order valence-corrected chi connectivity index (χ2v) is 4.94. The fraction of sp³-hybridized carbons (Fsp3) is 0.615. The summed E-state index contributed by atoms with van der Waals surface area (Å²) in [5.74, 6) is 0.888. The molecule has 1 heterocycles. The zero-order chi connectivity index (χ0) is 13.0. The Hall–Kier alpha value is -1.49. The number of rotatable bonds is 3. The first-order chi connectivity index (χ1) is 8.65. The van der Waals surface area contributed by atoms with Gasteiger partial charge < -0.3 is 11.1 Å². The van der Waals surface area contributed by atoms with Crippen LogP contribution < -0.4 is 11.1 Å². The highest BCUT2D eigenvalue weighted by molar-refractivity contribution is 5.78. The normalized spacial score (nSPS) is 23.7. The lowest BCUT2D eigenvalue weighted by molar-refractivity contribution is -0.126. The highest BCUT2D eigenvalue weighted by Gasteiger charge is 2.24. The van der Waals surface area contributed by atoms with E-state index in [0.717, 1.165) is 37.2 Å². The minimum atomic E-state index is 0.0664. The third kappa shape index (κ3) is 3.50. The molecule has 98 valence electrons. The van der Waals surface area contributed by atoms with Gasteiger partial charge in [-0.2, -0.15) is 0 Å². The van der Waals surface area contributed by atoms with Crippen LogP contribution in [0.1, 0.15) is 37.2 Å². The Kier molecular flexibility index (Phi) is 4.25. The number of carbonyl (C=O) groups is 1. The van der Waals surface area contributed by atoms with Gasteiger partial charge in [-0.05, 0) is 32.3 Å². The van der Waals surface area contributed by atoms with Crippen molar-refractivity contribution >= 4 is 5.91 Å². The van der Waals surface area contributed by atoms with Crippen molar-refractivity contribution in [1.82, 2.24) is 15.3 Å². The average molecular weight is 248 g/mol. The van der Waals surface area contributed by atoms with Crippen LogP contribution in [0.3, 0.4) is 0 Å². The molecule has 1 aliphatic carbocycles. The highest BCUT2D eigenvalue weighted by atomic mass is 16.1. The molecule has 1 aromatic rings. The van der Waals surface area contributed by atoms with Gasteiger partial charge >= 0.3 is 0 Å². The van der Waals surface area contributed by atoms with Crippen molar-refractivity contribution in [3.8, 4) is 0 Å². The minimum absolute atomic E-state index is 0.0664. The number of aryl methyl sites for hydroxylation is 1. The molecule has 2 unspecified atom stereocenters. The third-order valence-corrected chi connectivity index (χ3v) is 3.36. The molecule has 3 N–H and O–H groups in total. The Morgan fingerprint density at radius 1 is 1.56 bits per heavy atom. The number of amides is 1. The zero-order valence-corrected chi connectivity index (χ0v) is 10.7. The number of hydrogen-bond donors (Lipinski definition) is 2. The van der Waals surface area contributed by atoms with Gasteiger partial charge in [0.15, 0.2) is 0 Å². The van der Waals surface area contributed by atoms with Gasteiger partial charge in [0.1, 0.15) is 5.82 Å². The minimum Gasteiger partial charge on any atom is -0.350 e. The van der Waals surface area contributed by atoms with Crippen LogP contribution in [0.25, 0.3) is 0 Å². The molecule has 1 saturated carbocycles. The molecule has 0 aliphatic heterocycles. The first kappa shape index (κ1) is 13.0. The average Bonchev–Trinajstić information content (AvgIpc) is 2.36. The topological polar surface area (TPSA) is 80.9 Å². The van der Waals surface area contributed by atoms with E-state index < -0.39 is 0 Å². The summed E-state index contributed by atoms with van der Waals surface area (Å²) in [7, 11) is 0. The first-order valence-electron chi connectivity index (χ1n) is 6.47. The van der Waals surface area contributed by atoms with Crippen molar-refractivity contribution in [2.45, 2.75) is 45.2 Å². The number of nitrogens with two attached hydrogens (primary N) is 1. The summed E-state index contributed by atoms with van der Waals surface area (Å²) < 4.78 is 0. The molecule has 5 heteroatoms. The van der Waals surface area contributed by atoms with E-state index >= 15 is 0 Å². The molecule has 0 aromatic carbocycles. The van der Waals surface area contributed by atoms with Gasteiger partial charge in [0, 0.05) is 18.2 Å². The Labute approximate surface area is 107 Å². The summed E-state index contributed by atoms with van der Waals surface area (Å²) in [5, 5.41) is 2.93. The van der Waals surface area contributed by atoms with Crippen LogP contribution in [-0.2, 0) is 11.3 Å². The number of hydrogen-bond acceptors (Lipinski definition) is 4. The monoisotopic (exact) mass is 248 g/mol. The van der Waals surface area contributed by atoms with Crippen molar-refractivity contribution in [3.05, 3.63) is 23.8 Å². The summed E-state index contributed by atoms with van der Waals surface area (Å²) in [4.78, 5) is 20.3. The van der Waals surface area contributed by atoms with Gasteiger partial charge in [-0.25, -0.2) is 9.97 Å². The Morgan fingerprint density at radius 2 is 2.39 bits per heavy atom. The Balaban J connectivity index is 1.84. The molecule has 1 amide bonds. The SMILES string of the molecule is Cc1nccc(CNC(=O)C2CCCC(N)C2)n1.